The molecule has 0 saturated carbocycles. The number of H-pyrrole nitrogens is 1. The number of aromatic amines is 1. The highest BCUT2D eigenvalue weighted by Crippen LogP contribution is 2.30. The number of carbonyl (C=O) groups excluding carboxylic acids is 2. The molecular formula is C31H26F2N4O2. The van der Waals surface area contributed by atoms with Gasteiger partial charge < -0.3 is 16.0 Å². The van der Waals surface area contributed by atoms with E-state index in [4.69, 9.17) is 5.73 Å². The zero-order valence-corrected chi connectivity index (χ0v) is 21.2. The molecule has 39 heavy (non-hydrogen) atoms. The second-order valence-corrected chi connectivity index (χ2v) is 9.52. The smallest absolute Gasteiger partial charge is 0.248 e. The third-order valence-corrected chi connectivity index (χ3v) is 6.60. The Morgan fingerprint density at radius 1 is 1.00 bits per heavy atom. The van der Waals surface area contributed by atoms with Crippen molar-refractivity contribution in [1.29, 1.82) is 0 Å². The number of nitrogens with two attached hydrogens (primary N) is 1. The fourth-order valence-corrected chi connectivity index (χ4v) is 4.82. The van der Waals surface area contributed by atoms with Crippen LogP contribution in [0.5, 0.6) is 0 Å². The molecule has 0 aliphatic carbocycles. The number of nitrogens with one attached hydrogen (secondary N) is 2. The molecular weight excluding hydrogens is 498 g/mol. The molecule has 4 N–H and O–H groups in total. The summed E-state index contributed by atoms with van der Waals surface area (Å²) in [4.78, 5) is 32.9. The van der Waals surface area contributed by atoms with E-state index in [2.05, 4.69) is 15.3 Å². The number of primary amides is 1. The number of benzene rings is 3. The van der Waals surface area contributed by atoms with E-state index in [1.807, 2.05) is 43.5 Å². The Bertz CT molecular complexity index is 1680. The fraction of sp³-hybridized carbons (Fsp3) is 0.129. The van der Waals surface area contributed by atoms with Crippen LogP contribution in [-0.4, -0.2) is 21.8 Å². The first kappa shape index (κ1) is 25.8. The molecule has 5 rings (SSSR count). The summed E-state index contributed by atoms with van der Waals surface area (Å²) in [5, 5.41) is 3.99. The fourth-order valence-electron chi connectivity index (χ4n) is 4.82. The van der Waals surface area contributed by atoms with E-state index in [0.29, 0.717) is 27.9 Å². The molecule has 0 aliphatic heterocycles. The van der Waals surface area contributed by atoms with Crippen molar-refractivity contribution in [2.24, 2.45) is 5.73 Å². The number of aryl methyl sites for hydroxylation is 1. The zero-order valence-electron chi connectivity index (χ0n) is 21.2. The van der Waals surface area contributed by atoms with Crippen molar-refractivity contribution in [2.75, 3.05) is 0 Å². The summed E-state index contributed by atoms with van der Waals surface area (Å²) in [5.74, 6) is -2.27. The number of rotatable bonds is 8. The molecule has 5 aromatic rings. The molecule has 2 aromatic heterocycles. The van der Waals surface area contributed by atoms with E-state index in [9.17, 15) is 18.4 Å². The monoisotopic (exact) mass is 524 g/mol. The molecule has 3 aromatic carbocycles. The van der Waals surface area contributed by atoms with E-state index < -0.39 is 23.6 Å². The van der Waals surface area contributed by atoms with Gasteiger partial charge in [0.2, 0.25) is 11.8 Å². The van der Waals surface area contributed by atoms with Crippen molar-refractivity contribution in [2.45, 2.75) is 25.8 Å². The van der Waals surface area contributed by atoms with Gasteiger partial charge in [-0.05, 0) is 72.5 Å². The molecule has 2 amide bonds. The van der Waals surface area contributed by atoms with Gasteiger partial charge in [-0.15, -0.1) is 0 Å². The highest BCUT2D eigenvalue weighted by Gasteiger charge is 2.22. The van der Waals surface area contributed by atoms with Crippen LogP contribution in [-0.2, 0) is 17.6 Å². The highest BCUT2D eigenvalue weighted by molar-refractivity contribution is 5.94. The van der Waals surface area contributed by atoms with Crippen LogP contribution in [0.3, 0.4) is 0 Å². The van der Waals surface area contributed by atoms with E-state index >= 15 is 0 Å². The van der Waals surface area contributed by atoms with Crippen molar-refractivity contribution in [3.05, 3.63) is 125 Å². The molecule has 0 radical (unpaired) electrons. The van der Waals surface area contributed by atoms with Crippen molar-refractivity contribution < 1.29 is 18.4 Å². The Hall–Kier alpha value is -4.85. The summed E-state index contributed by atoms with van der Waals surface area (Å²) in [7, 11) is 0. The molecule has 196 valence electrons. The zero-order chi connectivity index (χ0) is 27.5. The SMILES string of the molecule is Cc1ccc2[nH]cc(CC(=O)NC(Cc3cc(F)cc(F)c3)c3ncccc3-c3cccc(C(N)=O)c3)c2c1. The van der Waals surface area contributed by atoms with Gasteiger partial charge in [0.05, 0.1) is 18.2 Å². The Morgan fingerprint density at radius 3 is 2.56 bits per heavy atom. The van der Waals surface area contributed by atoms with E-state index in [1.165, 1.54) is 12.1 Å². The predicted molar refractivity (Wildman–Crippen MR) is 146 cm³/mol. The van der Waals surface area contributed by atoms with Gasteiger partial charge in [0.15, 0.2) is 0 Å². The maximum absolute atomic E-state index is 14.1. The van der Waals surface area contributed by atoms with Crippen LogP contribution in [0, 0.1) is 18.6 Å². The lowest BCUT2D eigenvalue weighted by atomic mass is 9.94. The molecule has 1 atom stereocenters. The number of halogens is 2. The van der Waals surface area contributed by atoms with Crippen LogP contribution >= 0.6 is 0 Å². The first-order valence-corrected chi connectivity index (χ1v) is 12.4. The molecule has 1 unspecified atom stereocenters. The standard InChI is InChI=1S/C31H26F2N4O2/c1-18-7-8-27-26(10-18)22(17-36-27)15-29(38)37-28(13-19-11-23(32)16-24(33)12-19)30-25(6-3-9-35-30)20-4-2-5-21(14-20)31(34)39/h2-12,14,16-17,28,36H,13,15H2,1H3,(H2,34,39)(H,37,38). The Kier molecular flexibility index (Phi) is 7.19. The van der Waals surface area contributed by atoms with Gasteiger partial charge in [-0.3, -0.25) is 14.6 Å². The summed E-state index contributed by atoms with van der Waals surface area (Å²) in [6.45, 7) is 1.99. The normalized spacial score (nSPS) is 11.9. The van der Waals surface area contributed by atoms with E-state index in [0.717, 1.165) is 28.1 Å². The van der Waals surface area contributed by atoms with Crippen LogP contribution in [0.2, 0.25) is 0 Å². The van der Waals surface area contributed by atoms with Crippen LogP contribution in [0.15, 0.2) is 85.2 Å². The number of hydrogen-bond acceptors (Lipinski definition) is 3. The Balaban J connectivity index is 1.52. The third kappa shape index (κ3) is 5.85. The molecule has 0 aliphatic rings. The van der Waals surface area contributed by atoms with Gasteiger partial charge in [-0.2, -0.15) is 0 Å². The second-order valence-electron chi connectivity index (χ2n) is 9.52. The second kappa shape index (κ2) is 10.9. The molecule has 8 heteroatoms. The minimum Gasteiger partial charge on any atom is -0.366 e. The molecule has 2 heterocycles. The minimum atomic E-state index is -0.723. The lowest BCUT2D eigenvalue weighted by Gasteiger charge is -2.22. The first-order chi connectivity index (χ1) is 18.8. The maximum Gasteiger partial charge on any atom is 0.248 e. The van der Waals surface area contributed by atoms with Crippen molar-refractivity contribution in [3.8, 4) is 11.1 Å². The number of fused-ring (bicyclic) bond motifs is 1. The van der Waals surface area contributed by atoms with Gasteiger partial charge >= 0.3 is 0 Å². The number of pyridine rings is 1. The third-order valence-electron chi connectivity index (χ3n) is 6.60. The number of aromatic nitrogens is 2. The number of carbonyl (C=O) groups is 2. The minimum absolute atomic E-state index is 0.0902. The number of hydrogen-bond donors (Lipinski definition) is 3. The predicted octanol–water partition coefficient (Wildman–Crippen LogP) is 5.56. The summed E-state index contributed by atoms with van der Waals surface area (Å²) >= 11 is 0. The van der Waals surface area contributed by atoms with Gasteiger partial charge in [-0.1, -0.05) is 29.8 Å². The highest BCUT2D eigenvalue weighted by atomic mass is 19.1. The Labute approximate surface area is 223 Å². The summed E-state index contributed by atoms with van der Waals surface area (Å²) in [5.41, 5.74) is 10.8. The molecule has 0 bridgehead atoms. The summed E-state index contributed by atoms with van der Waals surface area (Å²) < 4.78 is 28.1. The molecule has 0 saturated heterocycles. The lowest BCUT2D eigenvalue weighted by Crippen LogP contribution is -2.32. The van der Waals surface area contributed by atoms with Crippen LogP contribution < -0.4 is 11.1 Å². The topological polar surface area (TPSA) is 101 Å². The average molecular weight is 525 g/mol. The van der Waals surface area contributed by atoms with Crippen molar-refractivity contribution in [1.82, 2.24) is 15.3 Å². The van der Waals surface area contributed by atoms with Gasteiger partial charge in [-0.25, -0.2) is 8.78 Å². The van der Waals surface area contributed by atoms with Crippen molar-refractivity contribution >= 4 is 22.7 Å². The van der Waals surface area contributed by atoms with Gasteiger partial charge in [0.1, 0.15) is 11.6 Å². The molecule has 0 spiro atoms. The molecule has 0 fully saturated rings. The van der Waals surface area contributed by atoms with Crippen LogP contribution in [0.4, 0.5) is 8.78 Å². The summed E-state index contributed by atoms with van der Waals surface area (Å²) in [6.07, 6.45) is 3.58. The summed E-state index contributed by atoms with van der Waals surface area (Å²) in [6, 6.07) is 18.9. The number of nitrogens with zero attached hydrogens (tertiary/aromatic N) is 1. The van der Waals surface area contributed by atoms with Crippen LogP contribution in [0.1, 0.15) is 38.8 Å². The van der Waals surface area contributed by atoms with Crippen LogP contribution in [0.25, 0.3) is 22.0 Å². The average Bonchev–Trinajstić information content (AvgIpc) is 3.29. The largest absolute Gasteiger partial charge is 0.366 e. The molecule has 6 nitrogen and oxygen atoms in total. The quantitative estimate of drug-likeness (QED) is 0.248. The van der Waals surface area contributed by atoms with E-state index in [-0.39, 0.29) is 18.7 Å². The number of amides is 2. The Morgan fingerprint density at radius 2 is 1.79 bits per heavy atom. The maximum atomic E-state index is 14.1. The van der Waals surface area contributed by atoms with Gasteiger partial charge in [0.25, 0.3) is 0 Å². The van der Waals surface area contributed by atoms with Gasteiger partial charge in [0, 0.05) is 40.5 Å². The lowest BCUT2D eigenvalue weighted by molar-refractivity contribution is -0.121. The first-order valence-electron chi connectivity index (χ1n) is 12.4. The van der Waals surface area contributed by atoms with Crippen molar-refractivity contribution in [3.63, 3.8) is 0 Å². The van der Waals surface area contributed by atoms with E-state index in [1.54, 1.807) is 30.5 Å².